The molecule has 9 heteroatoms. The van der Waals surface area contributed by atoms with Gasteiger partial charge < -0.3 is 19.5 Å². The van der Waals surface area contributed by atoms with E-state index in [1.807, 2.05) is 66.9 Å². The van der Waals surface area contributed by atoms with Crippen molar-refractivity contribution in [3.8, 4) is 17.2 Å². The first kappa shape index (κ1) is 24.2. The largest absolute Gasteiger partial charge is 0.494 e. The molecule has 1 N–H and O–H groups in total. The third-order valence-electron chi connectivity index (χ3n) is 4.57. The molecule has 3 rings (SSSR count). The molecule has 0 bridgehead atoms. The van der Waals surface area contributed by atoms with Gasteiger partial charge in [0.05, 0.1) is 19.5 Å². The number of amides is 1. The molecule has 0 fully saturated rings. The zero-order valence-electron chi connectivity index (χ0n) is 19.0. The molecule has 0 aliphatic carbocycles. The predicted molar refractivity (Wildman–Crippen MR) is 129 cm³/mol. The van der Waals surface area contributed by atoms with Gasteiger partial charge in [0.25, 0.3) is 0 Å². The van der Waals surface area contributed by atoms with Crippen molar-refractivity contribution < 1.29 is 19.0 Å². The maximum absolute atomic E-state index is 12.4. The predicted octanol–water partition coefficient (Wildman–Crippen LogP) is 4.74. The molecule has 8 nitrogen and oxygen atoms in total. The number of carbonyl (C=O) groups is 1. The number of thioether (sulfide) groups is 1. The van der Waals surface area contributed by atoms with E-state index in [9.17, 15) is 4.79 Å². The molecule has 33 heavy (non-hydrogen) atoms. The minimum atomic E-state index is -0.388. The van der Waals surface area contributed by atoms with Gasteiger partial charge in [-0.3, -0.25) is 9.36 Å². The topological polar surface area (TPSA) is 87.5 Å². The Hall–Kier alpha value is -3.46. The van der Waals surface area contributed by atoms with Crippen molar-refractivity contribution in [3.63, 3.8) is 0 Å². The number of carbonyl (C=O) groups excluding carboxylic acids is 1. The van der Waals surface area contributed by atoms with E-state index in [0.717, 1.165) is 5.75 Å². The molecule has 1 amide bonds. The van der Waals surface area contributed by atoms with E-state index in [1.165, 1.54) is 11.8 Å². The zero-order valence-corrected chi connectivity index (χ0v) is 19.8. The van der Waals surface area contributed by atoms with Gasteiger partial charge in [0.1, 0.15) is 5.75 Å². The summed E-state index contributed by atoms with van der Waals surface area (Å²) < 4.78 is 18.7. The normalized spacial score (nSPS) is 11.5. The number of anilines is 1. The van der Waals surface area contributed by atoms with E-state index >= 15 is 0 Å². The van der Waals surface area contributed by atoms with Crippen LogP contribution in [0.25, 0.3) is 0 Å². The van der Waals surface area contributed by atoms with Gasteiger partial charge in [-0.05, 0) is 50.2 Å². The van der Waals surface area contributed by atoms with Gasteiger partial charge in [0.2, 0.25) is 5.91 Å². The quantitative estimate of drug-likeness (QED) is 0.303. The number of aromatic nitrogens is 3. The van der Waals surface area contributed by atoms with E-state index in [2.05, 4.69) is 22.1 Å². The lowest BCUT2D eigenvalue weighted by Crippen LogP contribution is -2.15. The number of methoxy groups -OCH3 is 1. The second kappa shape index (κ2) is 12.0. The second-order valence-corrected chi connectivity index (χ2v) is 7.89. The molecule has 0 aliphatic heterocycles. The fraction of sp³-hybridized carbons (Fsp3) is 0.292. The Labute approximate surface area is 198 Å². The minimum Gasteiger partial charge on any atom is -0.494 e. The lowest BCUT2D eigenvalue weighted by atomic mass is 10.3. The van der Waals surface area contributed by atoms with Gasteiger partial charge in [0.15, 0.2) is 28.6 Å². The van der Waals surface area contributed by atoms with Crippen molar-refractivity contribution in [1.82, 2.24) is 14.8 Å². The Bertz CT molecular complexity index is 1070. The first-order chi connectivity index (χ1) is 16.0. The van der Waals surface area contributed by atoms with Crippen molar-refractivity contribution in [2.75, 3.05) is 24.8 Å². The lowest BCUT2D eigenvalue weighted by molar-refractivity contribution is -0.113. The summed E-state index contributed by atoms with van der Waals surface area (Å²) in [5, 5.41) is 12.1. The summed E-state index contributed by atoms with van der Waals surface area (Å²) in [6.45, 7) is 8.73. The molecule has 3 aromatic rings. The van der Waals surface area contributed by atoms with Gasteiger partial charge in [-0.15, -0.1) is 16.8 Å². The highest BCUT2D eigenvalue weighted by Gasteiger charge is 2.21. The van der Waals surface area contributed by atoms with Crippen LogP contribution >= 0.6 is 11.8 Å². The Kier molecular flexibility index (Phi) is 8.77. The van der Waals surface area contributed by atoms with Crippen LogP contribution in [0.5, 0.6) is 17.2 Å². The van der Waals surface area contributed by atoms with Crippen molar-refractivity contribution in [2.24, 2.45) is 0 Å². The smallest absolute Gasteiger partial charge is 0.234 e. The Balaban J connectivity index is 1.64. The molecule has 1 heterocycles. The van der Waals surface area contributed by atoms with E-state index in [1.54, 1.807) is 13.2 Å². The van der Waals surface area contributed by atoms with Gasteiger partial charge in [0, 0.05) is 12.2 Å². The molecule has 2 aromatic carbocycles. The number of hydrogen-bond acceptors (Lipinski definition) is 7. The van der Waals surface area contributed by atoms with Gasteiger partial charge >= 0.3 is 0 Å². The molecule has 1 unspecified atom stereocenters. The monoisotopic (exact) mass is 468 g/mol. The SMILES string of the molecule is C=CCn1c(SCC(=O)Nc2ccc(OCC)cc2)nnc1C(C)Oc1ccccc1OC. The zero-order chi connectivity index (χ0) is 23.6. The van der Waals surface area contributed by atoms with Crippen LogP contribution in [0, 0.1) is 0 Å². The molecular weight excluding hydrogens is 440 g/mol. The second-order valence-electron chi connectivity index (χ2n) is 6.95. The molecule has 0 spiro atoms. The molecule has 0 saturated heterocycles. The van der Waals surface area contributed by atoms with Crippen LogP contribution in [-0.2, 0) is 11.3 Å². The number of benzene rings is 2. The summed E-state index contributed by atoms with van der Waals surface area (Å²) in [5.41, 5.74) is 0.705. The number of allylic oxidation sites excluding steroid dienone is 1. The van der Waals surface area contributed by atoms with E-state index in [4.69, 9.17) is 14.2 Å². The van der Waals surface area contributed by atoms with Crippen LogP contribution in [0.2, 0.25) is 0 Å². The highest BCUT2D eigenvalue weighted by Crippen LogP contribution is 2.31. The maximum atomic E-state index is 12.4. The van der Waals surface area contributed by atoms with Gasteiger partial charge in [-0.2, -0.15) is 0 Å². The van der Waals surface area contributed by atoms with Crippen LogP contribution in [0.3, 0.4) is 0 Å². The lowest BCUT2D eigenvalue weighted by Gasteiger charge is -2.17. The van der Waals surface area contributed by atoms with Crippen molar-refractivity contribution in [3.05, 3.63) is 67.0 Å². The van der Waals surface area contributed by atoms with Crippen molar-refractivity contribution >= 4 is 23.4 Å². The van der Waals surface area contributed by atoms with Gasteiger partial charge in [-0.25, -0.2) is 0 Å². The van der Waals surface area contributed by atoms with Crippen molar-refractivity contribution in [1.29, 1.82) is 0 Å². The number of rotatable bonds is 12. The van der Waals surface area contributed by atoms with E-state index in [-0.39, 0.29) is 17.8 Å². The fourth-order valence-electron chi connectivity index (χ4n) is 3.10. The number of nitrogens with zero attached hydrogens (tertiary/aromatic N) is 3. The van der Waals surface area contributed by atoms with Crippen LogP contribution < -0.4 is 19.5 Å². The summed E-state index contributed by atoms with van der Waals surface area (Å²) in [7, 11) is 1.60. The summed E-state index contributed by atoms with van der Waals surface area (Å²) in [4.78, 5) is 12.4. The summed E-state index contributed by atoms with van der Waals surface area (Å²) >= 11 is 1.30. The highest BCUT2D eigenvalue weighted by atomic mass is 32.2. The standard InChI is InChI=1S/C24H28N4O4S/c1-5-15-28-23(17(3)32-21-10-8-7-9-20(21)30-4)26-27-24(28)33-16-22(29)25-18-11-13-19(14-12-18)31-6-2/h5,7-14,17H,1,6,15-16H2,2-4H3,(H,25,29). The fourth-order valence-corrected chi connectivity index (χ4v) is 3.85. The molecule has 1 atom stereocenters. The molecule has 174 valence electrons. The van der Waals surface area contributed by atoms with Crippen LogP contribution in [0.15, 0.2) is 66.3 Å². The maximum Gasteiger partial charge on any atom is 0.234 e. The molecule has 0 saturated carbocycles. The highest BCUT2D eigenvalue weighted by molar-refractivity contribution is 7.99. The Morgan fingerprint density at radius 3 is 2.58 bits per heavy atom. The van der Waals surface area contributed by atoms with Crippen molar-refractivity contribution in [2.45, 2.75) is 31.7 Å². The summed E-state index contributed by atoms with van der Waals surface area (Å²) in [5.74, 6) is 2.70. The molecule has 0 aliphatic rings. The summed E-state index contributed by atoms with van der Waals surface area (Å²) in [6, 6.07) is 14.7. The number of nitrogens with one attached hydrogen (secondary N) is 1. The number of hydrogen-bond donors (Lipinski definition) is 1. The summed E-state index contributed by atoms with van der Waals surface area (Å²) in [6.07, 6.45) is 1.37. The molecule has 0 radical (unpaired) electrons. The Morgan fingerprint density at radius 1 is 1.18 bits per heavy atom. The number of para-hydroxylation sites is 2. The first-order valence-corrected chi connectivity index (χ1v) is 11.5. The van der Waals surface area contributed by atoms with Gasteiger partial charge in [-0.1, -0.05) is 30.0 Å². The average molecular weight is 469 g/mol. The molecule has 1 aromatic heterocycles. The van der Waals surface area contributed by atoms with E-state index < -0.39 is 0 Å². The van der Waals surface area contributed by atoms with E-state index in [0.29, 0.717) is 41.3 Å². The molecular formula is C24H28N4O4S. The third-order valence-corrected chi connectivity index (χ3v) is 5.54. The average Bonchev–Trinajstić information content (AvgIpc) is 3.22. The Morgan fingerprint density at radius 2 is 1.91 bits per heavy atom. The first-order valence-electron chi connectivity index (χ1n) is 10.5. The minimum absolute atomic E-state index is 0.141. The van der Waals surface area contributed by atoms with Crippen LogP contribution in [-0.4, -0.2) is 40.1 Å². The van der Waals surface area contributed by atoms with Crippen LogP contribution in [0.1, 0.15) is 25.8 Å². The third kappa shape index (κ3) is 6.52. The van der Waals surface area contributed by atoms with Crippen LogP contribution in [0.4, 0.5) is 5.69 Å². The number of ether oxygens (including phenoxy) is 3.